The highest BCUT2D eigenvalue weighted by atomic mass is 35.5. The molecule has 1 aliphatic heterocycles. The van der Waals surface area contributed by atoms with E-state index in [2.05, 4.69) is 16.8 Å². The van der Waals surface area contributed by atoms with Crippen LogP contribution in [0.1, 0.15) is 12.1 Å². The van der Waals surface area contributed by atoms with Crippen molar-refractivity contribution in [2.24, 2.45) is 0 Å². The number of pyridine rings is 1. The predicted molar refractivity (Wildman–Crippen MR) is 83.2 cm³/mol. The maximum Gasteiger partial charge on any atom is 0.190 e. The number of hydrogen-bond acceptors (Lipinski definition) is 2. The predicted octanol–water partition coefficient (Wildman–Crippen LogP) is 3.71. The standard InChI is InChI=1S/C17H14ClFN2/c18-14-4-6-16(7-5-14)21-12-10-17(19,13-21)9-8-15-3-1-2-11-20-15/h1-7,11H,10,12-13H2. The minimum absolute atomic E-state index is 0.272. The summed E-state index contributed by atoms with van der Waals surface area (Å²) in [6.07, 6.45) is 2.05. The molecule has 0 amide bonds. The summed E-state index contributed by atoms with van der Waals surface area (Å²) in [6, 6.07) is 12.9. The number of rotatable bonds is 1. The Labute approximate surface area is 128 Å². The lowest BCUT2D eigenvalue weighted by Gasteiger charge is -2.19. The van der Waals surface area contributed by atoms with Gasteiger partial charge in [-0.25, -0.2) is 9.37 Å². The van der Waals surface area contributed by atoms with Gasteiger partial charge in [0.05, 0.1) is 6.54 Å². The first-order chi connectivity index (χ1) is 10.1. The van der Waals surface area contributed by atoms with Gasteiger partial charge < -0.3 is 4.90 Å². The van der Waals surface area contributed by atoms with E-state index in [0.717, 1.165) is 5.69 Å². The lowest BCUT2D eigenvalue weighted by molar-refractivity contribution is 0.274. The Hall–Kier alpha value is -2.05. The van der Waals surface area contributed by atoms with E-state index in [1.54, 1.807) is 12.3 Å². The van der Waals surface area contributed by atoms with Crippen molar-refractivity contribution in [3.8, 4) is 11.8 Å². The third-order valence-electron chi connectivity index (χ3n) is 3.49. The van der Waals surface area contributed by atoms with Crippen LogP contribution in [-0.2, 0) is 0 Å². The molecule has 0 saturated carbocycles. The van der Waals surface area contributed by atoms with Crippen LogP contribution in [0, 0.1) is 11.8 Å². The number of anilines is 1. The summed E-state index contributed by atoms with van der Waals surface area (Å²) in [6.45, 7) is 0.920. The quantitative estimate of drug-likeness (QED) is 0.747. The Morgan fingerprint density at radius 1 is 1.19 bits per heavy atom. The molecule has 4 heteroatoms. The van der Waals surface area contributed by atoms with E-state index in [-0.39, 0.29) is 6.54 Å². The largest absolute Gasteiger partial charge is 0.367 e. The van der Waals surface area contributed by atoms with E-state index in [1.807, 2.05) is 41.3 Å². The number of nitrogens with zero attached hydrogens (tertiary/aromatic N) is 2. The Morgan fingerprint density at radius 2 is 2.00 bits per heavy atom. The van der Waals surface area contributed by atoms with E-state index in [0.29, 0.717) is 23.7 Å². The summed E-state index contributed by atoms with van der Waals surface area (Å²) in [5.74, 6) is 5.56. The first-order valence-corrected chi connectivity index (χ1v) is 7.16. The van der Waals surface area contributed by atoms with Crippen LogP contribution >= 0.6 is 11.6 Å². The average Bonchev–Trinajstić information content (AvgIpc) is 2.90. The molecule has 1 unspecified atom stereocenters. The molecule has 2 nitrogen and oxygen atoms in total. The molecular weight excluding hydrogens is 287 g/mol. The van der Waals surface area contributed by atoms with Gasteiger partial charge in [-0.15, -0.1) is 0 Å². The topological polar surface area (TPSA) is 16.1 Å². The normalized spacial score (nSPS) is 21.0. The minimum Gasteiger partial charge on any atom is -0.367 e. The molecule has 1 fully saturated rings. The first kappa shape index (κ1) is 13.9. The third kappa shape index (κ3) is 3.34. The van der Waals surface area contributed by atoms with Crippen LogP contribution in [0.15, 0.2) is 48.7 Å². The summed E-state index contributed by atoms with van der Waals surface area (Å²) in [4.78, 5) is 6.08. The zero-order valence-corrected chi connectivity index (χ0v) is 12.1. The number of aromatic nitrogens is 1. The highest BCUT2D eigenvalue weighted by molar-refractivity contribution is 6.30. The maximum absolute atomic E-state index is 14.7. The van der Waals surface area contributed by atoms with E-state index < -0.39 is 5.67 Å². The molecule has 0 spiro atoms. The first-order valence-electron chi connectivity index (χ1n) is 6.78. The van der Waals surface area contributed by atoms with Gasteiger partial charge in [-0.1, -0.05) is 23.6 Å². The van der Waals surface area contributed by atoms with Crippen molar-refractivity contribution < 1.29 is 4.39 Å². The van der Waals surface area contributed by atoms with Crippen LogP contribution in [0.4, 0.5) is 10.1 Å². The minimum atomic E-state index is -1.49. The maximum atomic E-state index is 14.7. The second-order valence-electron chi connectivity index (χ2n) is 5.08. The van der Waals surface area contributed by atoms with Crippen molar-refractivity contribution in [2.75, 3.05) is 18.0 Å². The molecule has 1 aromatic heterocycles. The molecule has 2 aromatic rings. The number of hydrogen-bond donors (Lipinski definition) is 0. The summed E-state index contributed by atoms with van der Waals surface area (Å²) in [5.41, 5.74) is 0.0787. The summed E-state index contributed by atoms with van der Waals surface area (Å²) in [5, 5.41) is 0.680. The van der Waals surface area contributed by atoms with Gasteiger partial charge in [-0.05, 0) is 42.3 Å². The monoisotopic (exact) mass is 300 g/mol. The molecule has 21 heavy (non-hydrogen) atoms. The Balaban J connectivity index is 1.74. The highest BCUT2D eigenvalue weighted by Crippen LogP contribution is 2.30. The van der Waals surface area contributed by atoms with Crippen LogP contribution < -0.4 is 4.90 Å². The molecule has 1 atom stereocenters. The molecule has 3 rings (SSSR count). The highest BCUT2D eigenvalue weighted by Gasteiger charge is 2.36. The second kappa shape index (κ2) is 5.75. The summed E-state index contributed by atoms with van der Waals surface area (Å²) in [7, 11) is 0. The molecule has 0 N–H and O–H groups in total. The van der Waals surface area contributed by atoms with Crippen LogP contribution in [-0.4, -0.2) is 23.7 Å². The Kier molecular flexibility index (Phi) is 3.81. The molecule has 0 aliphatic carbocycles. The van der Waals surface area contributed by atoms with Crippen molar-refractivity contribution in [2.45, 2.75) is 12.1 Å². The molecule has 106 valence electrons. The smallest absolute Gasteiger partial charge is 0.190 e. The van der Waals surface area contributed by atoms with E-state index in [4.69, 9.17) is 11.6 Å². The second-order valence-corrected chi connectivity index (χ2v) is 5.51. The number of benzene rings is 1. The molecule has 1 aromatic carbocycles. The fourth-order valence-electron chi connectivity index (χ4n) is 2.36. The molecule has 0 radical (unpaired) electrons. The van der Waals surface area contributed by atoms with Crippen LogP contribution in [0.5, 0.6) is 0 Å². The summed E-state index contributed by atoms with van der Waals surface area (Å²) >= 11 is 5.87. The van der Waals surface area contributed by atoms with Gasteiger partial charge in [0, 0.05) is 29.9 Å². The van der Waals surface area contributed by atoms with Gasteiger partial charge in [0.1, 0.15) is 5.69 Å². The number of halogens is 2. The zero-order chi connectivity index (χ0) is 14.7. The van der Waals surface area contributed by atoms with Crippen LogP contribution in [0.2, 0.25) is 5.02 Å². The number of alkyl halides is 1. The van der Waals surface area contributed by atoms with Crippen molar-refractivity contribution in [1.82, 2.24) is 4.98 Å². The molecule has 0 bridgehead atoms. The Bertz CT molecular complexity index is 675. The molecule has 1 saturated heterocycles. The molecule has 2 heterocycles. The van der Waals surface area contributed by atoms with Gasteiger partial charge in [-0.2, -0.15) is 0 Å². The van der Waals surface area contributed by atoms with Gasteiger partial charge in [0.15, 0.2) is 5.67 Å². The van der Waals surface area contributed by atoms with Crippen molar-refractivity contribution in [3.63, 3.8) is 0 Å². The summed E-state index contributed by atoms with van der Waals surface area (Å²) < 4.78 is 14.7. The third-order valence-corrected chi connectivity index (χ3v) is 3.74. The molecular formula is C17H14ClFN2. The van der Waals surface area contributed by atoms with Crippen molar-refractivity contribution >= 4 is 17.3 Å². The van der Waals surface area contributed by atoms with Gasteiger partial charge in [0.25, 0.3) is 0 Å². The van der Waals surface area contributed by atoms with E-state index in [9.17, 15) is 4.39 Å². The Morgan fingerprint density at radius 3 is 2.71 bits per heavy atom. The lowest BCUT2D eigenvalue weighted by Crippen LogP contribution is -2.27. The average molecular weight is 301 g/mol. The fraction of sp³-hybridized carbons (Fsp3) is 0.235. The van der Waals surface area contributed by atoms with Crippen LogP contribution in [0.3, 0.4) is 0 Å². The fourth-order valence-corrected chi connectivity index (χ4v) is 2.49. The van der Waals surface area contributed by atoms with E-state index >= 15 is 0 Å². The SMILES string of the molecule is FC1(C#Cc2ccccn2)CCN(c2ccc(Cl)cc2)C1. The lowest BCUT2D eigenvalue weighted by atomic mass is 10.1. The zero-order valence-electron chi connectivity index (χ0n) is 11.4. The van der Waals surface area contributed by atoms with Crippen molar-refractivity contribution in [1.29, 1.82) is 0 Å². The van der Waals surface area contributed by atoms with Gasteiger partial charge in [-0.3, -0.25) is 0 Å². The molecule has 1 aliphatic rings. The van der Waals surface area contributed by atoms with Crippen molar-refractivity contribution in [3.05, 3.63) is 59.4 Å². The van der Waals surface area contributed by atoms with E-state index in [1.165, 1.54) is 0 Å². The van der Waals surface area contributed by atoms with Gasteiger partial charge in [0.2, 0.25) is 0 Å². The van der Waals surface area contributed by atoms with Gasteiger partial charge >= 0.3 is 0 Å². The van der Waals surface area contributed by atoms with Crippen LogP contribution in [0.25, 0.3) is 0 Å².